The second-order valence-electron chi connectivity index (χ2n) is 6.63. The summed E-state index contributed by atoms with van der Waals surface area (Å²) in [5, 5.41) is 2.90. The van der Waals surface area contributed by atoms with Gasteiger partial charge in [0.2, 0.25) is 0 Å². The maximum atomic E-state index is 14.6. The summed E-state index contributed by atoms with van der Waals surface area (Å²) >= 11 is 0. The fourth-order valence-electron chi connectivity index (χ4n) is 3.55. The van der Waals surface area contributed by atoms with Gasteiger partial charge in [-0.3, -0.25) is 4.79 Å². The summed E-state index contributed by atoms with van der Waals surface area (Å²) < 4.78 is 14.6. The highest BCUT2D eigenvalue weighted by molar-refractivity contribution is 6.35. The second-order valence-corrected chi connectivity index (χ2v) is 6.63. The molecule has 1 aliphatic heterocycles. The highest BCUT2D eigenvalue weighted by atomic mass is 19.1. The van der Waals surface area contributed by atoms with Crippen LogP contribution in [-0.4, -0.2) is 10.9 Å². The number of fused-ring (bicyclic) bond motifs is 1. The monoisotopic (exact) mass is 346 g/mol. The van der Waals surface area contributed by atoms with Gasteiger partial charge in [0.15, 0.2) is 0 Å². The molecule has 4 heteroatoms. The Morgan fingerprint density at radius 1 is 1.15 bits per heavy atom. The van der Waals surface area contributed by atoms with Crippen LogP contribution in [0, 0.1) is 13.8 Å². The molecule has 0 saturated carbocycles. The number of amides is 1. The molecule has 1 atom stereocenters. The highest BCUT2D eigenvalue weighted by Gasteiger charge is 2.30. The predicted molar refractivity (Wildman–Crippen MR) is 103 cm³/mol. The molecular weight excluding hydrogens is 327 g/mol. The number of H-pyrrole nitrogens is 1. The summed E-state index contributed by atoms with van der Waals surface area (Å²) in [6, 6.07) is 7.62. The first-order valence-electron chi connectivity index (χ1n) is 8.57. The van der Waals surface area contributed by atoms with Crippen LogP contribution in [0.5, 0.6) is 0 Å². The number of carbonyl (C=O) groups excluding carboxylic acids is 1. The van der Waals surface area contributed by atoms with E-state index in [9.17, 15) is 9.18 Å². The van der Waals surface area contributed by atoms with Crippen molar-refractivity contribution in [2.24, 2.45) is 0 Å². The van der Waals surface area contributed by atoms with Crippen LogP contribution < -0.4 is 5.32 Å². The Balaban J connectivity index is 1.89. The van der Waals surface area contributed by atoms with E-state index in [1.807, 2.05) is 56.3 Å². The lowest BCUT2D eigenvalue weighted by Crippen LogP contribution is -2.04. The lowest BCUT2D eigenvalue weighted by atomic mass is 9.89. The predicted octanol–water partition coefficient (Wildman–Crippen LogP) is 5.19. The number of carbonyl (C=O) groups is 1. The summed E-state index contributed by atoms with van der Waals surface area (Å²) in [5.74, 6) is -0.921. The quantitative estimate of drug-likeness (QED) is 0.723. The van der Waals surface area contributed by atoms with Crippen molar-refractivity contribution in [2.45, 2.75) is 19.8 Å². The number of aryl methyl sites for hydroxylation is 2. The molecule has 3 nitrogen and oxygen atoms in total. The molecule has 1 aliphatic carbocycles. The molecule has 0 fully saturated rings. The van der Waals surface area contributed by atoms with E-state index in [1.54, 1.807) is 12.2 Å². The molecule has 2 N–H and O–H groups in total. The van der Waals surface area contributed by atoms with Crippen molar-refractivity contribution in [3.63, 3.8) is 0 Å². The third-order valence-electron chi connectivity index (χ3n) is 4.75. The molecular formula is C22H19FN2O. The Bertz CT molecular complexity index is 1020. The normalized spacial score (nSPS) is 20.1. The van der Waals surface area contributed by atoms with Crippen molar-refractivity contribution in [1.29, 1.82) is 0 Å². The number of halogens is 1. The van der Waals surface area contributed by atoms with Crippen molar-refractivity contribution in [1.82, 2.24) is 4.98 Å². The zero-order valence-electron chi connectivity index (χ0n) is 14.6. The van der Waals surface area contributed by atoms with Crippen LogP contribution in [-0.2, 0) is 4.79 Å². The van der Waals surface area contributed by atoms with Crippen LogP contribution in [0.15, 0.2) is 60.5 Å². The maximum absolute atomic E-state index is 14.6. The third kappa shape index (κ3) is 2.73. The minimum absolute atomic E-state index is 0.167. The number of nitrogens with one attached hydrogen (secondary N) is 2. The van der Waals surface area contributed by atoms with Crippen molar-refractivity contribution >= 4 is 23.2 Å². The van der Waals surface area contributed by atoms with Gasteiger partial charge in [-0.2, -0.15) is 0 Å². The Morgan fingerprint density at radius 2 is 2.00 bits per heavy atom. The van der Waals surface area contributed by atoms with E-state index < -0.39 is 5.92 Å². The molecule has 130 valence electrons. The van der Waals surface area contributed by atoms with E-state index in [2.05, 4.69) is 10.3 Å². The van der Waals surface area contributed by atoms with Gasteiger partial charge in [-0.05, 0) is 49.3 Å². The molecule has 0 bridgehead atoms. The van der Waals surface area contributed by atoms with E-state index in [1.165, 1.54) is 6.08 Å². The van der Waals surface area contributed by atoms with Gasteiger partial charge in [-0.15, -0.1) is 0 Å². The molecule has 0 spiro atoms. The smallest absolute Gasteiger partial charge is 0.256 e. The fraction of sp³-hybridized carbons (Fsp3) is 0.136. The Labute approximate surface area is 151 Å². The van der Waals surface area contributed by atoms with E-state index in [0.29, 0.717) is 5.57 Å². The van der Waals surface area contributed by atoms with E-state index >= 15 is 0 Å². The van der Waals surface area contributed by atoms with Gasteiger partial charge < -0.3 is 10.3 Å². The zero-order valence-corrected chi connectivity index (χ0v) is 14.6. The summed E-state index contributed by atoms with van der Waals surface area (Å²) in [4.78, 5) is 15.9. The number of benzene rings is 1. The number of aromatic nitrogens is 1. The Kier molecular flexibility index (Phi) is 3.96. The number of hydrogen-bond donors (Lipinski definition) is 2. The molecule has 2 aromatic rings. The minimum atomic E-state index is -0.512. The number of allylic oxidation sites excluding steroid dienone is 6. The molecule has 1 aromatic heterocycles. The zero-order chi connectivity index (χ0) is 18.3. The van der Waals surface area contributed by atoms with Gasteiger partial charge in [0.05, 0.1) is 11.5 Å². The second kappa shape index (κ2) is 6.30. The molecule has 0 radical (unpaired) electrons. The molecule has 4 rings (SSSR count). The number of rotatable bonds is 2. The fourth-order valence-corrected chi connectivity index (χ4v) is 3.55. The minimum Gasteiger partial charge on any atom is -0.359 e. The lowest BCUT2D eigenvalue weighted by Gasteiger charge is -2.15. The van der Waals surface area contributed by atoms with E-state index in [-0.39, 0.29) is 11.7 Å². The third-order valence-corrected chi connectivity index (χ3v) is 4.75. The van der Waals surface area contributed by atoms with Gasteiger partial charge in [-0.25, -0.2) is 4.39 Å². The van der Waals surface area contributed by atoms with Crippen LogP contribution in [0.2, 0.25) is 0 Å². The van der Waals surface area contributed by atoms with Crippen LogP contribution in [0.25, 0.3) is 11.6 Å². The van der Waals surface area contributed by atoms with Crippen molar-refractivity contribution < 1.29 is 9.18 Å². The summed E-state index contributed by atoms with van der Waals surface area (Å²) in [5.41, 5.74) is 5.82. The van der Waals surface area contributed by atoms with E-state index in [4.69, 9.17) is 0 Å². The Hall–Kier alpha value is -3.14. The van der Waals surface area contributed by atoms with Crippen molar-refractivity contribution in [3.8, 4) is 0 Å². The first kappa shape index (κ1) is 16.3. The topological polar surface area (TPSA) is 44.9 Å². The summed E-state index contributed by atoms with van der Waals surface area (Å²) in [6.45, 7) is 3.98. The van der Waals surface area contributed by atoms with Crippen molar-refractivity contribution in [2.75, 3.05) is 5.32 Å². The number of hydrogen-bond acceptors (Lipinski definition) is 1. The molecule has 1 unspecified atom stereocenters. The van der Waals surface area contributed by atoms with Gasteiger partial charge in [-0.1, -0.05) is 36.4 Å². The largest absolute Gasteiger partial charge is 0.359 e. The SMILES string of the molecule is Cc1cc(C)c(/C=C2\C(=O)Nc3cccc(C4C=CC=CC=C4F)c32)[nH]1. The molecule has 0 saturated heterocycles. The molecule has 1 amide bonds. The first-order valence-corrected chi connectivity index (χ1v) is 8.57. The standard InChI is InChI=1S/C22H19FN2O/c1-13-11-14(2)24-20(13)12-17-21-16(8-6-10-19(21)25-22(17)26)15-7-4-3-5-9-18(15)23/h3-12,15,24H,1-2H3,(H,25,26)/b17-12-. The van der Waals surface area contributed by atoms with Crippen LogP contribution in [0.1, 0.15) is 34.0 Å². The number of anilines is 1. The van der Waals surface area contributed by atoms with Crippen LogP contribution in [0.3, 0.4) is 0 Å². The van der Waals surface area contributed by atoms with Gasteiger partial charge in [0, 0.05) is 22.6 Å². The molecule has 26 heavy (non-hydrogen) atoms. The van der Waals surface area contributed by atoms with Gasteiger partial charge in [0.25, 0.3) is 5.91 Å². The van der Waals surface area contributed by atoms with Crippen LogP contribution >= 0.6 is 0 Å². The average Bonchev–Trinajstić information content (AvgIpc) is 2.99. The average molecular weight is 346 g/mol. The first-order chi connectivity index (χ1) is 12.5. The maximum Gasteiger partial charge on any atom is 0.256 e. The van der Waals surface area contributed by atoms with Gasteiger partial charge >= 0.3 is 0 Å². The van der Waals surface area contributed by atoms with Gasteiger partial charge in [0.1, 0.15) is 5.83 Å². The molecule has 2 heterocycles. The highest BCUT2D eigenvalue weighted by Crippen LogP contribution is 2.41. The van der Waals surface area contributed by atoms with Crippen LogP contribution in [0.4, 0.5) is 10.1 Å². The number of aromatic amines is 1. The molecule has 1 aromatic carbocycles. The van der Waals surface area contributed by atoms with E-state index in [0.717, 1.165) is 33.8 Å². The lowest BCUT2D eigenvalue weighted by molar-refractivity contribution is -0.110. The summed E-state index contributed by atoms with van der Waals surface area (Å²) in [7, 11) is 0. The van der Waals surface area contributed by atoms with Crippen molar-refractivity contribution in [3.05, 3.63) is 88.6 Å². The molecule has 2 aliphatic rings. The Morgan fingerprint density at radius 3 is 2.77 bits per heavy atom. The summed E-state index contributed by atoms with van der Waals surface area (Å²) in [6.07, 6.45) is 10.5.